The molecule has 0 radical (unpaired) electrons. The molecule has 0 amide bonds. The quantitative estimate of drug-likeness (QED) is 0.126. The minimum absolute atomic E-state index is 0. The van der Waals surface area contributed by atoms with Gasteiger partial charge in [-0.3, -0.25) is 0 Å². The van der Waals surface area contributed by atoms with Crippen molar-refractivity contribution >= 4 is 55.7 Å². The molecule has 208 valence electrons. The van der Waals surface area contributed by atoms with Crippen LogP contribution in [0.5, 0.6) is 0 Å². The number of thiazole rings is 2. The summed E-state index contributed by atoms with van der Waals surface area (Å²) < 4.78 is 9.87. The molecule has 2 heterocycles. The maximum absolute atomic E-state index is 5.73. The van der Waals surface area contributed by atoms with Crippen molar-refractivity contribution in [2.45, 2.75) is 26.9 Å². The van der Waals surface area contributed by atoms with E-state index >= 15 is 0 Å². The Balaban J connectivity index is 0.00000267. The molecule has 2 aromatic carbocycles. The fourth-order valence-corrected chi connectivity index (χ4v) is 4.85. The molecule has 13 heteroatoms. The first-order valence-corrected chi connectivity index (χ1v) is 14.0. The fraction of sp³-hybridized carbons (Fsp3) is 0.308. The van der Waals surface area contributed by atoms with Crippen LogP contribution in [-0.4, -0.2) is 26.3 Å². The molecule has 0 spiro atoms. The predicted octanol–water partition coefficient (Wildman–Crippen LogP) is 0.804. The zero-order chi connectivity index (χ0) is 25.7. The first-order valence-electron chi connectivity index (χ1n) is 12.3. The van der Waals surface area contributed by atoms with Crippen LogP contribution in [0.1, 0.15) is 13.8 Å². The summed E-state index contributed by atoms with van der Waals surface area (Å²) in [6.07, 6.45) is 4.04. The van der Waals surface area contributed by atoms with Crippen molar-refractivity contribution in [2.24, 2.45) is 20.5 Å². The number of benzene rings is 2. The highest BCUT2D eigenvalue weighted by Gasteiger charge is 2.10. The summed E-state index contributed by atoms with van der Waals surface area (Å²) >= 11 is 3.16. The van der Waals surface area contributed by atoms with Gasteiger partial charge in [-0.1, -0.05) is 0 Å². The van der Waals surface area contributed by atoms with Crippen molar-refractivity contribution in [3.63, 3.8) is 0 Å². The average Bonchev–Trinajstić information content (AvgIpc) is 3.60. The lowest BCUT2D eigenvalue weighted by molar-refractivity contribution is -0.677. The number of aromatic nitrogens is 2. The van der Waals surface area contributed by atoms with Crippen LogP contribution in [0, 0.1) is 0 Å². The lowest BCUT2D eigenvalue weighted by Crippen LogP contribution is -3.00. The number of hydrogen-bond donors (Lipinski definition) is 2. The normalized spacial score (nSPS) is 10.9. The topological polar surface area (TPSA) is 90.5 Å². The highest BCUT2D eigenvalue weighted by Crippen LogP contribution is 2.22. The molecule has 2 aromatic heterocycles. The Morgan fingerprint density at radius 2 is 1.05 bits per heavy atom. The van der Waals surface area contributed by atoms with E-state index in [1.54, 1.807) is 22.7 Å². The van der Waals surface area contributed by atoms with E-state index in [1.165, 1.54) is 0 Å². The average molecular weight is 608 g/mol. The Bertz CT molecular complexity index is 1190. The van der Waals surface area contributed by atoms with Crippen molar-refractivity contribution in [3.8, 4) is 0 Å². The van der Waals surface area contributed by atoms with Crippen LogP contribution in [-0.2, 0) is 17.8 Å². The van der Waals surface area contributed by atoms with Crippen LogP contribution in [0.4, 0.5) is 33.0 Å². The molecule has 0 bridgehead atoms. The Labute approximate surface area is 249 Å². The van der Waals surface area contributed by atoms with Crippen LogP contribution in [0.3, 0.4) is 0 Å². The van der Waals surface area contributed by atoms with E-state index in [0.29, 0.717) is 13.2 Å². The third-order valence-electron chi connectivity index (χ3n) is 5.39. The van der Waals surface area contributed by atoms with Gasteiger partial charge in [-0.15, -0.1) is 0 Å². The molecule has 9 nitrogen and oxygen atoms in total. The number of aryl methyl sites for hydroxylation is 2. The lowest BCUT2D eigenvalue weighted by atomic mass is 10.3. The third-order valence-corrected chi connectivity index (χ3v) is 6.96. The molecule has 0 unspecified atom stereocenters. The summed E-state index contributed by atoms with van der Waals surface area (Å²) in [5, 5.41) is 29.9. The highest BCUT2D eigenvalue weighted by molar-refractivity contribution is 7.13. The van der Waals surface area contributed by atoms with E-state index in [9.17, 15) is 0 Å². The first-order chi connectivity index (χ1) is 18.2. The van der Waals surface area contributed by atoms with Gasteiger partial charge >= 0.3 is 10.3 Å². The van der Waals surface area contributed by atoms with Crippen LogP contribution in [0.25, 0.3) is 0 Å². The van der Waals surface area contributed by atoms with E-state index in [2.05, 4.69) is 54.1 Å². The summed E-state index contributed by atoms with van der Waals surface area (Å²) in [6, 6.07) is 15.8. The van der Waals surface area contributed by atoms with Crippen molar-refractivity contribution in [1.82, 2.24) is 0 Å². The second-order valence-electron chi connectivity index (χ2n) is 7.90. The van der Waals surface area contributed by atoms with Gasteiger partial charge < -0.3 is 40.2 Å². The molecular formula is C26H32Cl2N8OS2. The van der Waals surface area contributed by atoms with Gasteiger partial charge in [0.05, 0.1) is 36.5 Å². The molecule has 4 aromatic rings. The predicted molar refractivity (Wildman–Crippen MR) is 149 cm³/mol. The summed E-state index contributed by atoms with van der Waals surface area (Å²) in [4.78, 5) is 0. The van der Waals surface area contributed by atoms with Gasteiger partial charge in [0.25, 0.3) is 0 Å². The van der Waals surface area contributed by atoms with Gasteiger partial charge in [-0.05, 0) is 95.3 Å². The summed E-state index contributed by atoms with van der Waals surface area (Å²) in [7, 11) is 0. The van der Waals surface area contributed by atoms with Gasteiger partial charge in [0.2, 0.25) is 0 Å². The van der Waals surface area contributed by atoms with Gasteiger partial charge in [-0.25, -0.2) is 9.13 Å². The van der Waals surface area contributed by atoms with Crippen molar-refractivity contribution in [3.05, 3.63) is 71.7 Å². The monoisotopic (exact) mass is 606 g/mol. The second kappa shape index (κ2) is 17.6. The largest absolute Gasteiger partial charge is 1.00 e. The van der Waals surface area contributed by atoms with Gasteiger partial charge in [-0.2, -0.15) is 0 Å². The number of rotatable bonds is 14. The Hall–Kier alpha value is -2.96. The molecule has 0 fully saturated rings. The number of ether oxygens (including phenoxy) is 1. The van der Waals surface area contributed by atoms with Crippen molar-refractivity contribution < 1.29 is 38.7 Å². The number of anilines is 2. The van der Waals surface area contributed by atoms with E-state index in [0.717, 1.165) is 59.2 Å². The zero-order valence-corrected chi connectivity index (χ0v) is 25.0. The van der Waals surface area contributed by atoms with Gasteiger partial charge in [0.1, 0.15) is 23.8 Å². The van der Waals surface area contributed by atoms with E-state index < -0.39 is 0 Å². The van der Waals surface area contributed by atoms with Crippen LogP contribution in [0.2, 0.25) is 0 Å². The summed E-state index contributed by atoms with van der Waals surface area (Å²) in [6.45, 7) is 8.66. The molecular weight excluding hydrogens is 575 g/mol. The SMILES string of the molecule is CC[n+]1ccsc1N=Nc1ccc(NCCOCCNc2ccc(N=Nc3scc[n+]3CC)cc2)cc1.[Cl-].[Cl-]. The highest BCUT2D eigenvalue weighted by atomic mass is 35.5. The molecule has 39 heavy (non-hydrogen) atoms. The first kappa shape index (κ1) is 32.3. The molecule has 0 aliphatic heterocycles. The summed E-state index contributed by atoms with van der Waals surface area (Å²) in [5.74, 6) is 0. The van der Waals surface area contributed by atoms with Crippen LogP contribution >= 0.6 is 22.7 Å². The van der Waals surface area contributed by atoms with E-state index in [4.69, 9.17) is 4.74 Å². The Morgan fingerprint density at radius 3 is 1.44 bits per heavy atom. The fourth-order valence-electron chi connectivity index (χ4n) is 3.37. The van der Waals surface area contributed by atoms with Crippen molar-refractivity contribution in [2.75, 3.05) is 36.9 Å². The molecule has 0 atom stereocenters. The maximum Gasteiger partial charge on any atom is 0.408 e. The minimum atomic E-state index is 0. The van der Waals surface area contributed by atoms with Crippen molar-refractivity contribution in [1.29, 1.82) is 0 Å². The Morgan fingerprint density at radius 1 is 0.641 bits per heavy atom. The molecule has 0 saturated carbocycles. The number of nitrogens with one attached hydrogen (secondary N) is 2. The molecule has 0 aliphatic carbocycles. The molecule has 0 aliphatic rings. The maximum atomic E-state index is 5.73. The zero-order valence-electron chi connectivity index (χ0n) is 21.8. The van der Waals surface area contributed by atoms with E-state index in [-0.39, 0.29) is 24.8 Å². The molecule has 2 N–H and O–H groups in total. The number of hydrogen-bond acceptors (Lipinski definition) is 9. The Kier molecular flexibility index (Phi) is 14.5. The van der Waals surface area contributed by atoms with Gasteiger partial charge in [0.15, 0.2) is 0 Å². The third kappa shape index (κ3) is 10.3. The smallest absolute Gasteiger partial charge is 0.408 e. The number of halogens is 2. The summed E-state index contributed by atoms with van der Waals surface area (Å²) in [5.41, 5.74) is 3.71. The number of azo groups is 2. The standard InChI is InChI=1S/C26H30N8OS2.2ClH/c1-3-33-15-19-36-25(33)31-29-23-9-5-21(6-10-23)27-13-17-35-18-14-28-22-7-11-24(12-8-22)30-32-26-34(4-2)16-20-37-26;;/h5-12,15-16,19-20H,3-4,13-14,17-18H2,1-2H3;2*1H. The van der Waals surface area contributed by atoms with Gasteiger partial charge in [0, 0.05) is 35.2 Å². The number of nitrogens with zero attached hydrogens (tertiary/aromatic N) is 6. The molecule has 4 rings (SSSR count). The van der Waals surface area contributed by atoms with E-state index in [1.807, 2.05) is 71.7 Å². The van der Waals surface area contributed by atoms with Crippen LogP contribution < -0.4 is 44.6 Å². The van der Waals surface area contributed by atoms with Crippen LogP contribution in [0.15, 0.2) is 92.1 Å². The molecule has 0 saturated heterocycles. The minimum Gasteiger partial charge on any atom is -1.00 e. The second-order valence-corrected chi connectivity index (χ2v) is 9.65. The lowest BCUT2D eigenvalue weighted by Gasteiger charge is -2.09.